The smallest absolute Gasteiger partial charge is 0.240 e. The van der Waals surface area contributed by atoms with E-state index >= 15 is 0 Å². The molecule has 3 rings (SSSR count). The maximum absolute atomic E-state index is 5.13. The van der Waals surface area contributed by atoms with Crippen molar-refractivity contribution in [2.24, 2.45) is 11.8 Å². The van der Waals surface area contributed by atoms with Gasteiger partial charge >= 0.3 is 0 Å². The van der Waals surface area contributed by atoms with Gasteiger partial charge in [0.15, 0.2) is 5.82 Å². The number of hydrogen-bond acceptors (Lipinski definition) is 5. The normalized spacial score (nSPS) is 31.0. The van der Waals surface area contributed by atoms with Gasteiger partial charge in [-0.05, 0) is 31.8 Å². The van der Waals surface area contributed by atoms with E-state index in [1.807, 2.05) is 6.92 Å². The van der Waals surface area contributed by atoms with Crippen LogP contribution in [0.1, 0.15) is 11.7 Å². The number of nitrogens with one attached hydrogen (secondary N) is 1. The first-order valence-electron chi connectivity index (χ1n) is 5.53. The molecule has 0 unspecified atom stereocenters. The van der Waals surface area contributed by atoms with Gasteiger partial charge in [-0.25, -0.2) is 0 Å². The first-order valence-corrected chi connectivity index (χ1v) is 5.53. The van der Waals surface area contributed by atoms with Gasteiger partial charge < -0.3 is 9.84 Å². The topological polar surface area (TPSA) is 54.2 Å². The lowest BCUT2D eigenvalue weighted by Gasteiger charge is -2.13. The summed E-state index contributed by atoms with van der Waals surface area (Å²) in [5.41, 5.74) is 0. The van der Waals surface area contributed by atoms with E-state index in [1.54, 1.807) is 0 Å². The van der Waals surface area contributed by atoms with Crippen LogP contribution in [0.15, 0.2) is 4.52 Å². The summed E-state index contributed by atoms with van der Waals surface area (Å²) in [7, 11) is 0. The van der Waals surface area contributed by atoms with E-state index in [-0.39, 0.29) is 0 Å². The third kappa shape index (κ3) is 1.77. The number of fused-ring (bicyclic) bond motifs is 1. The van der Waals surface area contributed by atoms with E-state index in [0.29, 0.717) is 0 Å². The molecule has 2 saturated heterocycles. The maximum Gasteiger partial charge on any atom is 0.240 e. The third-order valence-electron chi connectivity index (χ3n) is 3.39. The standard InChI is InChI=1S/C10H16N4O/c1-7-12-10(15-13-7)6-14-4-8-2-11-3-9(8)5-14/h8-9,11H,2-6H2,1H3/t8-,9+. The summed E-state index contributed by atoms with van der Waals surface area (Å²) in [6, 6.07) is 0. The summed E-state index contributed by atoms with van der Waals surface area (Å²) in [5.74, 6) is 3.13. The predicted molar refractivity (Wildman–Crippen MR) is 54.2 cm³/mol. The van der Waals surface area contributed by atoms with E-state index < -0.39 is 0 Å². The SMILES string of the molecule is Cc1noc(CN2C[C@H]3CNC[C@H]3C2)n1. The lowest BCUT2D eigenvalue weighted by atomic mass is 10.0. The Balaban J connectivity index is 1.61. The Morgan fingerprint density at radius 2 is 2.13 bits per heavy atom. The van der Waals surface area contributed by atoms with Crippen LogP contribution >= 0.6 is 0 Å². The average molecular weight is 208 g/mol. The zero-order chi connectivity index (χ0) is 10.3. The quantitative estimate of drug-likeness (QED) is 0.743. The Hall–Kier alpha value is -0.940. The number of likely N-dealkylation sites (tertiary alicyclic amines) is 1. The van der Waals surface area contributed by atoms with E-state index in [0.717, 1.165) is 30.1 Å². The molecule has 5 heteroatoms. The minimum atomic E-state index is 0.728. The Morgan fingerprint density at radius 1 is 1.40 bits per heavy atom. The van der Waals surface area contributed by atoms with Gasteiger partial charge in [0.25, 0.3) is 0 Å². The van der Waals surface area contributed by atoms with E-state index in [9.17, 15) is 0 Å². The molecule has 0 spiro atoms. The van der Waals surface area contributed by atoms with Crippen LogP contribution in [0.25, 0.3) is 0 Å². The van der Waals surface area contributed by atoms with Crippen molar-refractivity contribution in [3.05, 3.63) is 11.7 Å². The molecule has 0 saturated carbocycles. The zero-order valence-electron chi connectivity index (χ0n) is 8.94. The molecule has 0 aliphatic carbocycles. The van der Waals surface area contributed by atoms with Crippen LogP contribution in [0.5, 0.6) is 0 Å². The van der Waals surface area contributed by atoms with Crippen molar-refractivity contribution in [3.63, 3.8) is 0 Å². The third-order valence-corrected chi connectivity index (χ3v) is 3.39. The molecule has 0 radical (unpaired) electrons. The van der Waals surface area contributed by atoms with Crippen molar-refractivity contribution in [1.82, 2.24) is 20.4 Å². The Bertz CT molecular complexity index is 339. The molecule has 0 aromatic carbocycles. The molecular weight excluding hydrogens is 192 g/mol. The number of aromatic nitrogens is 2. The van der Waals surface area contributed by atoms with Crippen LogP contribution < -0.4 is 5.32 Å². The summed E-state index contributed by atoms with van der Waals surface area (Å²) in [6.07, 6.45) is 0. The summed E-state index contributed by atoms with van der Waals surface area (Å²) >= 11 is 0. The van der Waals surface area contributed by atoms with Crippen molar-refractivity contribution in [2.45, 2.75) is 13.5 Å². The molecule has 2 atom stereocenters. The highest BCUT2D eigenvalue weighted by molar-refractivity contribution is 4.93. The highest BCUT2D eigenvalue weighted by atomic mass is 16.5. The molecule has 2 fully saturated rings. The molecule has 2 aliphatic heterocycles. The molecule has 2 aliphatic rings. The van der Waals surface area contributed by atoms with Gasteiger partial charge in [-0.15, -0.1) is 0 Å². The van der Waals surface area contributed by atoms with Crippen LogP contribution in [-0.2, 0) is 6.54 Å². The van der Waals surface area contributed by atoms with Crippen LogP contribution in [0.2, 0.25) is 0 Å². The van der Waals surface area contributed by atoms with Crippen LogP contribution in [-0.4, -0.2) is 41.2 Å². The van der Waals surface area contributed by atoms with Crippen molar-refractivity contribution < 1.29 is 4.52 Å². The fourth-order valence-corrected chi connectivity index (χ4v) is 2.68. The van der Waals surface area contributed by atoms with Crippen molar-refractivity contribution in [1.29, 1.82) is 0 Å². The average Bonchev–Trinajstić information content (AvgIpc) is 2.81. The molecule has 1 N–H and O–H groups in total. The molecule has 0 bridgehead atoms. The van der Waals surface area contributed by atoms with Gasteiger partial charge in [-0.1, -0.05) is 5.16 Å². The van der Waals surface area contributed by atoms with Gasteiger partial charge in [0.2, 0.25) is 5.89 Å². The van der Waals surface area contributed by atoms with Gasteiger partial charge in [0.05, 0.1) is 6.54 Å². The minimum Gasteiger partial charge on any atom is -0.338 e. The molecule has 15 heavy (non-hydrogen) atoms. The molecule has 0 amide bonds. The van der Waals surface area contributed by atoms with E-state index in [1.165, 1.54) is 26.2 Å². The fourth-order valence-electron chi connectivity index (χ4n) is 2.68. The monoisotopic (exact) mass is 208 g/mol. The Morgan fingerprint density at radius 3 is 2.73 bits per heavy atom. The minimum absolute atomic E-state index is 0.728. The van der Waals surface area contributed by atoms with Gasteiger partial charge in [0, 0.05) is 13.1 Å². The zero-order valence-corrected chi connectivity index (χ0v) is 8.94. The van der Waals surface area contributed by atoms with Crippen molar-refractivity contribution >= 4 is 0 Å². The molecule has 1 aromatic heterocycles. The summed E-state index contributed by atoms with van der Waals surface area (Å²) in [6.45, 7) is 7.34. The maximum atomic E-state index is 5.13. The Kier molecular flexibility index (Phi) is 2.21. The first-order chi connectivity index (χ1) is 7.31. The number of hydrogen-bond donors (Lipinski definition) is 1. The Labute approximate surface area is 88.8 Å². The number of aryl methyl sites for hydroxylation is 1. The van der Waals surface area contributed by atoms with E-state index in [4.69, 9.17) is 4.52 Å². The lowest BCUT2D eigenvalue weighted by molar-refractivity contribution is 0.253. The second-order valence-electron chi connectivity index (χ2n) is 4.61. The molecule has 1 aromatic rings. The van der Waals surface area contributed by atoms with Crippen LogP contribution in [0.4, 0.5) is 0 Å². The first kappa shape index (κ1) is 9.30. The number of nitrogens with zero attached hydrogens (tertiary/aromatic N) is 3. The van der Waals surface area contributed by atoms with Gasteiger partial charge in [-0.2, -0.15) is 4.98 Å². The van der Waals surface area contributed by atoms with Crippen LogP contribution in [0.3, 0.4) is 0 Å². The second-order valence-corrected chi connectivity index (χ2v) is 4.61. The molecular formula is C10H16N4O. The van der Waals surface area contributed by atoms with Crippen LogP contribution in [0, 0.1) is 18.8 Å². The largest absolute Gasteiger partial charge is 0.338 e. The second kappa shape index (κ2) is 3.57. The summed E-state index contributed by atoms with van der Waals surface area (Å²) in [5, 5.41) is 7.24. The van der Waals surface area contributed by atoms with Gasteiger partial charge in [-0.3, -0.25) is 4.90 Å². The highest BCUT2D eigenvalue weighted by Gasteiger charge is 2.36. The summed E-state index contributed by atoms with van der Waals surface area (Å²) in [4.78, 5) is 6.65. The van der Waals surface area contributed by atoms with E-state index in [2.05, 4.69) is 20.4 Å². The summed E-state index contributed by atoms with van der Waals surface area (Å²) < 4.78 is 5.13. The number of rotatable bonds is 2. The molecule has 82 valence electrons. The van der Waals surface area contributed by atoms with Crippen molar-refractivity contribution in [3.8, 4) is 0 Å². The lowest BCUT2D eigenvalue weighted by Crippen LogP contribution is -2.25. The molecule has 3 heterocycles. The van der Waals surface area contributed by atoms with Crippen molar-refractivity contribution in [2.75, 3.05) is 26.2 Å². The van der Waals surface area contributed by atoms with Gasteiger partial charge in [0.1, 0.15) is 0 Å². The highest BCUT2D eigenvalue weighted by Crippen LogP contribution is 2.26. The molecule has 5 nitrogen and oxygen atoms in total. The predicted octanol–water partition coefficient (Wildman–Crippen LogP) is 0.0292. The fraction of sp³-hybridized carbons (Fsp3) is 0.800.